The van der Waals surface area contributed by atoms with Gasteiger partial charge in [-0.05, 0) is 30.7 Å². The molecule has 3 rings (SSSR count). The molecule has 2 aromatic rings. The van der Waals surface area contributed by atoms with Crippen LogP contribution in [0.4, 0.5) is 14.5 Å². The minimum Gasteiger partial charge on any atom is -0.467 e. The highest BCUT2D eigenvalue weighted by Crippen LogP contribution is 2.42. The molecule has 0 radical (unpaired) electrons. The van der Waals surface area contributed by atoms with E-state index in [4.69, 9.17) is 4.42 Å². The largest absolute Gasteiger partial charge is 0.586 e. The fourth-order valence-corrected chi connectivity index (χ4v) is 2.10. The summed E-state index contributed by atoms with van der Waals surface area (Å²) in [4.78, 5) is 0. The highest BCUT2D eigenvalue weighted by molar-refractivity contribution is 5.56. The van der Waals surface area contributed by atoms with Gasteiger partial charge in [-0.25, -0.2) is 0 Å². The number of ether oxygens (including phenoxy) is 2. The molecule has 0 bridgehead atoms. The number of hydrogen-bond acceptors (Lipinski definition) is 4. The van der Waals surface area contributed by atoms with Gasteiger partial charge in [0.25, 0.3) is 0 Å². The normalized spacial score (nSPS) is 16.9. The predicted octanol–water partition coefficient (Wildman–Crippen LogP) is 4.16. The minimum absolute atomic E-state index is 0.0225. The van der Waals surface area contributed by atoms with Gasteiger partial charge in [0, 0.05) is 11.8 Å². The Balaban J connectivity index is 1.79. The number of alkyl halides is 2. The van der Waals surface area contributed by atoms with Crippen molar-refractivity contribution in [2.24, 2.45) is 0 Å². The summed E-state index contributed by atoms with van der Waals surface area (Å²) in [5.41, 5.74) is 0.660. The van der Waals surface area contributed by atoms with E-state index in [9.17, 15) is 8.78 Å². The molecule has 1 N–H and O–H groups in total. The Hall–Kier alpha value is -2.24. The van der Waals surface area contributed by atoms with Crippen LogP contribution in [-0.4, -0.2) is 6.29 Å². The number of benzene rings is 1. The number of halogens is 2. The SMILES string of the molecule is CCC(Nc1ccc2c(c1)OC(F)(F)O2)c1ccco1. The zero-order valence-electron chi connectivity index (χ0n) is 10.7. The summed E-state index contributed by atoms with van der Waals surface area (Å²) in [6, 6.07) is 8.23. The van der Waals surface area contributed by atoms with Crippen LogP contribution in [0.2, 0.25) is 0 Å². The van der Waals surface area contributed by atoms with Gasteiger partial charge < -0.3 is 19.2 Å². The third kappa shape index (κ3) is 2.41. The van der Waals surface area contributed by atoms with E-state index < -0.39 is 6.29 Å². The van der Waals surface area contributed by atoms with Gasteiger partial charge in [0.1, 0.15) is 5.76 Å². The van der Waals surface area contributed by atoms with Crippen molar-refractivity contribution in [1.29, 1.82) is 0 Å². The van der Waals surface area contributed by atoms with Crippen LogP contribution in [0.25, 0.3) is 0 Å². The molecule has 4 nitrogen and oxygen atoms in total. The fourth-order valence-electron chi connectivity index (χ4n) is 2.10. The van der Waals surface area contributed by atoms with E-state index in [-0.39, 0.29) is 17.5 Å². The smallest absolute Gasteiger partial charge is 0.467 e. The zero-order chi connectivity index (χ0) is 14.2. The van der Waals surface area contributed by atoms with E-state index in [1.807, 2.05) is 13.0 Å². The van der Waals surface area contributed by atoms with Crippen molar-refractivity contribution in [1.82, 2.24) is 0 Å². The summed E-state index contributed by atoms with van der Waals surface area (Å²) in [5, 5.41) is 3.21. The average Bonchev–Trinajstić information content (AvgIpc) is 3.00. The molecule has 1 unspecified atom stereocenters. The molecule has 1 aliphatic rings. The van der Waals surface area contributed by atoms with E-state index in [0.717, 1.165) is 12.2 Å². The molecular weight excluding hydrogens is 268 g/mol. The second kappa shape index (κ2) is 4.70. The average molecular weight is 281 g/mol. The molecule has 6 heteroatoms. The Bertz CT molecular complexity index is 598. The lowest BCUT2D eigenvalue weighted by Gasteiger charge is -2.16. The summed E-state index contributed by atoms with van der Waals surface area (Å²) in [6.07, 6.45) is -1.20. The highest BCUT2D eigenvalue weighted by atomic mass is 19.3. The van der Waals surface area contributed by atoms with Crippen LogP contribution in [0.3, 0.4) is 0 Å². The Morgan fingerprint density at radius 3 is 2.70 bits per heavy atom. The maximum atomic E-state index is 12.9. The molecule has 2 heterocycles. The van der Waals surface area contributed by atoms with Gasteiger partial charge in [0.05, 0.1) is 12.3 Å². The first-order valence-corrected chi connectivity index (χ1v) is 6.27. The molecule has 0 saturated heterocycles. The molecular formula is C14H13F2NO3. The number of fused-ring (bicyclic) bond motifs is 1. The quantitative estimate of drug-likeness (QED) is 0.913. The van der Waals surface area contributed by atoms with Gasteiger partial charge in [-0.3, -0.25) is 0 Å². The first-order chi connectivity index (χ1) is 9.57. The van der Waals surface area contributed by atoms with E-state index in [2.05, 4.69) is 14.8 Å². The highest BCUT2D eigenvalue weighted by Gasteiger charge is 2.43. The molecule has 1 aromatic heterocycles. The molecule has 0 amide bonds. The fraction of sp³-hybridized carbons (Fsp3) is 0.286. The van der Waals surface area contributed by atoms with E-state index in [0.29, 0.717) is 5.69 Å². The number of anilines is 1. The van der Waals surface area contributed by atoms with Gasteiger partial charge >= 0.3 is 6.29 Å². The monoisotopic (exact) mass is 281 g/mol. The van der Waals surface area contributed by atoms with Crippen molar-refractivity contribution >= 4 is 5.69 Å². The molecule has 1 aromatic carbocycles. The summed E-state index contributed by atoms with van der Waals surface area (Å²) >= 11 is 0. The maximum absolute atomic E-state index is 12.9. The Kier molecular flexibility index (Phi) is 3.00. The van der Waals surface area contributed by atoms with Crippen LogP contribution in [0, 0.1) is 0 Å². The van der Waals surface area contributed by atoms with Crippen LogP contribution in [0.1, 0.15) is 25.1 Å². The second-order valence-electron chi connectivity index (χ2n) is 4.45. The predicted molar refractivity (Wildman–Crippen MR) is 68.0 cm³/mol. The van der Waals surface area contributed by atoms with Crippen LogP contribution in [0.15, 0.2) is 41.0 Å². The Labute approximate surface area is 114 Å². The lowest BCUT2D eigenvalue weighted by molar-refractivity contribution is -0.286. The number of nitrogens with one attached hydrogen (secondary N) is 1. The molecule has 20 heavy (non-hydrogen) atoms. The van der Waals surface area contributed by atoms with Crippen molar-refractivity contribution in [2.75, 3.05) is 5.32 Å². The first-order valence-electron chi connectivity index (χ1n) is 6.27. The Morgan fingerprint density at radius 2 is 2.00 bits per heavy atom. The van der Waals surface area contributed by atoms with Crippen LogP contribution < -0.4 is 14.8 Å². The Morgan fingerprint density at radius 1 is 1.20 bits per heavy atom. The van der Waals surface area contributed by atoms with Crippen molar-refractivity contribution in [2.45, 2.75) is 25.7 Å². The van der Waals surface area contributed by atoms with Crippen LogP contribution in [0.5, 0.6) is 11.5 Å². The molecule has 0 saturated carbocycles. The molecule has 0 aliphatic carbocycles. The lowest BCUT2D eigenvalue weighted by atomic mass is 10.1. The van der Waals surface area contributed by atoms with Gasteiger partial charge in [-0.15, -0.1) is 8.78 Å². The number of rotatable bonds is 4. The lowest BCUT2D eigenvalue weighted by Crippen LogP contribution is -2.25. The van der Waals surface area contributed by atoms with Gasteiger partial charge in [-0.1, -0.05) is 6.92 Å². The number of furan rings is 1. The van der Waals surface area contributed by atoms with Crippen molar-refractivity contribution in [3.05, 3.63) is 42.4 Å². The number of hydrogen-bond donors (Lipinski definition) is 1. The summed E-state index contributed by atoms with van der Waals surface area (Å²) in [7, 11) is 0. The molecule has 0 spiro atoms. The van der Waals surface area contributed by atoms with Crippen LogP contribution >= 0.6 is 0 Å². The zero-order valence-corrected chi connectivity index (χ0v) is 10.7. The van der Waals surface area contributed by atoms with Crippen LogP contribution in [-0.2, 0) is 0 Å². The van der Waals surface area contributed by atoms with Gasteiger partial charge in [0.2, 0.25) is 0 Å². The molecule has 0 fully saturated rings. The van der Waals surface area contributed by atoms with E-state index >= 15 is 0 Å². The third-order valence-corrected chi connectivity index (χ3v) is 3.04. The second-order valence-corrected chi connectivity index (χ2v) is 4.45. The summed E-state index contributed by atoms with van der Waals surface area (Å²) in [6.45, 7) is 2.00. The topological polar surface area (TPSA) is 43.6 Å². The van der Waals surface area contributed by atoms with Gasteiger partial charge in [-0.2, -0.15) is 0 Å². The van der Waals surface area contributed by atoms with Crippen molar-refractivity contribution in [3.63, 3.8) is 0 Å². The van der Waals surface area contributed by atoms with Crippen molar-refractivity contribution < 1.29 is 22.7 Å². The summed E-state index contributed by atoms with van der Waals surface area (Å²) in [5.74, 6) is 0.844. The maximum Gasteiger partial charge on any atom is 0.586 e. The van der Waals surface area contributed by atoms with Gasteiger partial charge in [0.15, 0.2) is 11.5 Å². The van der Waals surface area contributed by atoms with E-state index in [1.165, 1.54) is 12.1 Å². The van der Waals surface area contributed by atoms with E-state index in [1.54, 1.807) is 18.4 Å². The molecule has 106 valence electrons. The van der Waals surface area contributed by atoms with Crippen molar-refractivity contribution in [3.8, 4) is 11.5 Å². The standard InChI is InChI=1S/C14H13F2NO3/c1-2-10(11-4-3-7-18-11)17-9-5-6-12-13(8-9)20-14(15,16)19-12/h3-8,10,17H,2H2,1H3. The first kappa shape index (κ1) is 12.8. The summed E-state index contributed by atoms with van der Waals surface area (Å²) < 4.78 is 40.0. The molecule has 1 aliphatic heterocycles. The molecule has 1 atom stereocenters. The minimum atomic E-state index is -3.59. The third-order valence-electron chi connectivity index (χ3n) is 3.04.